The van der Waals surface area contributed by atoms with Crippen molar-refractivity contribution in [2.45, 2.75) is 39.2 Å². The van der Waals surface area contributed by atoms with Crippen molar-refractivity contribution in [2.24, 2.45) is 0 Å². The highest BCUT2D eigenvalue weighted by Gasteiger charge is 2.31. The van der Waals surface area contributed by atoms with Gasteiger partial charge in [0.15, 0.2) is 6.10 Å². The van der Waals surface area contributed by atoms with E-state index in [1.165, 1.54) is 19.1 Å². The number of rotatable bonds is 6. The Morgan fingerprint density at radius 1 is 1.07 bits per heavy atom. The maximum Gasteiger partial charge on any atom is 0.416 e. The zero-order chi connectivity index (χ0) is 21.9. The highest BCUT2D eigenvalue weighted by Crippen LogP contribution is 2.32. The molecule has 6 nitrogen and oxygen atoms in total. The molecule has 0 spiro atoms. The molecule has 1 aromatic heterocycles. The molecule has 3 aromatic rings. The second-order valence-electron chi connectivity index (χ2n) is 6.77. The van der Waals surface area contributed by atoms with Gasteiger partial charge in [0.1, 0.15) is 5.75 Å². The highest BCUT2D eigenvalue weighted by atomic mass is 19.4. The van der Waals surface area contributed by atoms with Gasteiger partial charge in [-0.25, -0.2) is 4.79 Å². The van der Waals surface area contributed by atoms with Crippen LogP contribution in [0.4, 0.5) is 13.2 Å². The van der Waals surface area contributed by atoms with Gasteiger partial charge in [-0.2, -0.15) is 18.2 Å². The van der Waals surface area contributed by atoms with E-state index in [-0.39, 0.29) is 23.4 Å². The van der Waals surface area contributed by atoms with Crippen molar-refractivity contribution < 1.29 is 32.0 Å². The first-order chi connectivity index (χ1) is 14.1. The van der Waals surface area contributed by atoms with E-state index in [0.29, 0.717) is 11.3 Å². The molecule has 0 bridgehead atoms. The van der Waals surface area contributed by atoms with Crippen LogP contribution in [0.15, 0.2) is 53.1 Å². The van der Waals surface area contributed by atoms with Crippen molar-refractivity contribution in [3.63, 3.8) is 0 Å². The van der Waals surface area contributed by atoms with Crippen molar-refractivity contribution in [3.05, 3.63) is 65.5 Å². The molecule has 0 aliphatic rings. The first kappa shape index (κ1) is 21.4. The molecule has 0 saturated heterocycles. The predicted molar refractivity (Wildman–Crippen MR) is 101 cm³/mol. The summed E-state index contributed by atoms with van der Waals surface area (Å²) in [6, 6.07) is 11.0. The topological polar surface area (TPSA) is 74.5 Å². The molecular weight excluding hydrogens is 401 g/mol. The molecule has 30 heavy (non-hydrogen) atoms. The fourth-order valence-electron chi connectivity index (χ4n) is 2.57. The maximum atomic E-state index is 12.9. The quantitative estimate of drug-likeness (QED) is 0.493. The van der Waals surface area contributed by atoms with Gasteiger partial charge in [-0.05, 0) is 57.2 Å². The molecule has 0 N–H and O–H groups in total. The van der Waals surface area contributed by atoms with E-state index in [4.69, 9.17) is 14.0 Å². The van der Waals surface area contributed by atoms with Gasteiger partial charge in [-0.3, -0.25) is 0 Å². The Morgan fingerprint density at radius 3 is 2.40 bits per heavy atom. The summed E-state index contributed by atoms with van der Waals surface area (Å²) >= 11 is 0. The number of alkyl halides is 3. The standard InChI is InChI=1S/C21H19F3N2O4/c1-12(2)28-17-9-7-14(8-10-17)20(27)29-13(3)19-25-18(26-30-19)15-5-4-6-16(11-15)21(22,23)24/h4-13H,1-3H3. The van der Waals surface area contributed by atoms with Gasteiger partial charge in [0.2, 0.25) is 5.82 Å². The number of ether oxygens (including phenoxy) is 2. The van der Waals surface area contributed by atoms with E-state index in [1.54, 1.807) is 24.3 Å². The molecule has 9 heteroatoms. The van der Waals surface area contributed by atoms with Crippen LogP contribution in [0.3, 0.4) is 0 Å². The number of hydrogen-bond acceptors (Lipinski definition) is 6. The first-order valence-corrected chi connectivity index (χ1v) is 9.12. The Morgan fingerprint density at radius 2 is 1.77 bits per heavy atom. The summed E-state index contributed by atoms with van der Waals surface area (Å²) in [5.74, 6) is -0.0562. The van der Waals surface area contributed by atoms with Gasteiger partial charge in [0.05, 0.1) is 17.2 Å². The number of carbonyl (C=O) groups excluding carboxylic acids is 1. The fraction of sp³-hybridized carbons (Fsp3) is 0.286. The van der Waals surface area contributed by atoms with Gasteiger partial charge < -0.3 is 14.0 Å². The van der Waals surface area contributed by atoms with Gasteiger partial charge in [0, 0.05) is 5.56 Å². The number of aromatic nitrogens is 2. The predicted octanol–water partition coefficient (Wildman–Crippen LogP) is 5.46. The minimum atomic E-state index is -4.48. The van der Waals surface area contributed by atoms with Crippen molar-refractivity contribution >= 4 is 5.97 Å². The third-order valence-electron chi connectivity index (χ3n) is 3.98. The van der Waals surface area contributed by atoms with Crippen molar-refractivity contribution in [2.75, 3.05) is 0 Å². The van der Waals surface area contributed by atoms with Crippen LogP contribution in [0.25, 0.3) is 11.4 Å². The van der Waals surface area contributed by atoms with Crippen molar-refractivity contribution in [1.29, 1.82) is 0 Å². The Kier molecular flexibility index (Phi) is 6.09. The number of halogens is 3. The number of esters is 1. The molecule has 158 valence electrons. The Labute approximate surface area is 170 Å². The minimum absolute atomic E-state index is 0.00590. The largest absolute Gasteiger partial charge is 0.491 e. The first-order valence-electron chi connectivity index (χ1n) is 9.12. The molecule has 0 aliphatic carbocycles. The molecule has 0 amide bonds. The smallest absolute Gasteiger partial charge is 0.416 e. The number of nitrogens with zero attached hydrogens (tertiary/aromatic N) is 2. The zero-order valence-corrected chi connectivity index (χ0v) is 16.4. The summed E-state index contributed by atoms with van der Waals surface area (Å²) in [5.41, 5.74) is -0.384. The molecule has 2 aromatic carbocycles. The van der Waals surface area contributed by atoms with E-state index < -0.39 is 23.8 Å². The third-order valence-corrected chi connectivity index (χ3v) is 3.98. The Hall–Kier alpha value is -3.36. The summed E-state index contributed by atoms with van der Waals surface area (Å²) < 4.78 is 54.5. The van der Waals surface area contributed by atoms with E-state index in [0.717, 1.165) is 12.1 Å². The van der Waals surface area contributed by atoms with Crippen LogP contribution < -0.4 is 4.74 Å². The molecule has 1 heterocycles. The maximum absolute atomic E-state index is 12.9. The van der Waals surface area contributed by atoms with Crippen LogP contribution in [0.5, 0.6) is 5.75 Å². The molecule has 1 atom stereocenters. The van der Waals surface area contributed by atoms with Crippen LogP contribution in [0.2, 0.25) is 0 Å². The lowest BCUT2D eigenvalue weighted by Crippen LogP contribution is -2.10. The SMILES string of the molecule is CC(C)Oc1ccc(C(=O)OC(C)c2nc(-c3cccc(C(F)(F)F)c3)no2)cc1. The van der Waals surface area contributed by atoms with Gasteiger partial charge >= 0.3 is 12.1 Å². The lowest BCUT2D eigenvalue weighted by molar-refractivity contribution is -0.137. The van der Waals surface area contributed by atoms with Crippen LogP contribution in [-0.2, 0) is 10.9 Å². The van der Waals surface area contributed by atoms with Crippen molar-refractivity contribution in [3.8, 4) is 17.1 Å². The minimum Gasteiger partial charge on any atom is -0.491 e. The molecule has 0 fully saturated rings. The number of hydrogen-bond donors (Lipinski definition) is 0. The molecule has 1 unspecified atom stereocenters. The zero-order valence-electron chi connectivity index (χ0n) is 16.4. The monoisotopic (exact) mass is 420 g/mol. The Bertz CT molecular complexity index is 1010. The highest BCUT2D eigenvalue weighted by molar-refractivity contribution is 5.89. The number of benzene rings is 2. The van der Waals surface area contributed by atoms with E-state index >= 15 is 0 Å². The van der Waals surface area contributed by atoms with Gasteiger partial charge in [-0.15, -0.1) is 0 Å². The second-order valence-corrected chi connectivity index (χ2v) is 6.77. The van der Waals surface area contributed by atoms with Crippen LogP contribution >= 0.6 is 0 Å². The van der Waals surface area contributed by atoms with E-state index in [9.17, 15) is 18.0 Å². The molecule has 0 aliphatic heterocycles. The number of carbonyl (C=O) groups is 1. The molecular formula is C21H19F3N2O4. The average molecular weight is 420 g/mol. The summed E-state index contributed by atoms with van der Waals surface area (Å²) in [6.45, 7) is 5.31. The summed E-state index contributed by atoms with van der Waals surface area (Å²) in [7, 11) is 0. The van der Waals surface area contributed by atoms with Crippen molar-refractivity contribution in [1.82, 2.24) is 10.1 Å². The third kappa shape index (κ3) is 5.16. The summed E-state index contributed by atoms with van der Waals surface area (Å²) in [4.78, 5) is 16.4. The average Bonchev–Trinajstić information content (AvgIpc) is 3.18. The summed E-state index contributed by atoms with van der Waals surface area (Å²) in [5, 5.41) is 3.69. The Balaban J connectivity index is 1.69. The lowest BCUT2D eigenvalue weighted by Gasteiger charge is -2.11. The van der Waals surface area contributed by atoms with Crippen LogP contribution in [0, 0.1) is 0 Å². The van der Waals surface area contributed by atoms with Gasteiger partial charge in [0.25, 0.3) is 5.89 Å². The van der Waals surface area contributed by atoms with E-state index in [2.05, 4.69) is 10.1 Å². The summed E-state index contributed by atoms with van der Waals surface area (Å²) in [6.07, 6.45) is -5.37. The molecule has 0 saturated carbocycles. The second kappa shape index (κ2) is 8.56. The van der Waals surface area contributed by atoms with Gasteiger partial charge in [-0.1, -0.05) is 17.3 Å². The molecule has 3 rings (SSSR count). The van der Waals surface area contributed by atoms with Crippen LogP contribution in [0.1, 0.15) is 48.7 Å². The fourth-order valence-corrected chi connectivity index (χ4v) is 2.57. The lowest BCUT2D eigenvalue weighted by atomic mass is 10.1. The van der Waals surface area contributed by atoms with E-state index in [1.807, 2.05) is 13.8 Å². The normalized spacial score (nSPS) is 12.6. The molecule has 0 radical (unpaired) electrons. The van der Waals surface area contributed by atoms with Crippen LogP contribution in [-0.4, -0.2) is 22.2 Å².